The van der Waals surface area contributed by atoms with Crippen molar-refractivity contribution in [2.75, 3.05) is 26.2 Å². The van der Waals surface area contributed by atoms with E-state index in [9.17, 15) is 4.39 Å². The van der Waals surface area contributed by atoms with Crippen molar-refractivity contribution in [1.82, 2.24) is 20.2 Å². The molecule has 2 unspecified atom stereocenters. The first-order chi connectivity index (χ1) is 11.3. The van der Waals surface area contributed by atoms with Crippen molar-refractivity contribution >= 4 is 0 Å². The van der Waals surface area contributed by atoms with Gasteiger partial charge >= 0.3 is 0 Å². The summed E-state index contributed by atoms with van der Waals surface area (Å²) in [7, 11) is 0. The molecule has 0 radical (unpaired) electrons. The molecule has 1 aromatic heterocycles. The molecule has 2 aromatic rings. The molecule has 2 aliphatic rings. The van der Waals surface area contributed by atoms with Gasteiger partial charge in [0.15, 0.2) is 0 Å². The van der Waals surface area contributed by atoms with Crippen molar-refractivity contribution in [3.8, 4) is 0 Å². The molecule has 122 valence electrons. The van der Waals surface area contributed by atoms with Crippen LogP contribution in [-0.4, -0.2) is 52.4 Å². The highest BCUT2D eigenvalue weighted by molar-refractivity contribution is 5.16. The molecule has 1 aromatic carbocycles. The molecule has 3 heterocycles. The first kappa shape index (κ1) is 14.7. The lowest BCUT2D eigenvalue weighted by molar-refractivity contribution is -1.03. The van der Waals surface area contributed by atoms with Crippen molar-refractivity contribution in [3.05, 3.63) is 41.5 Å². The summed E-state index contributed by atoms with van der Waals surface area (Å²) in [5.74, 6) is 0.706. The summed E-state index contributed by atoms with van der Waals surface area (Å²) < 4.78 is 14.8. The van der Waals surface area contributed by atoms with Crippen molar-refractivity contribution in [2.45, 2.75) is 32.0 Å². The molecule has 0 amide bonds. The van der Waals surface area contributed by atoms with E-state index in [1.807, 2.05) is 4.68 Å². The molecule has 0 bridgehead atoms. The van der Waals surface area contributed by atoms with E-state index in [2.05, 4.69) is 15.5 Å². The largest absolute Gasteiger partial charge is 0.323 e. The standard InChI is InChI=1S/C16H21FN6/c17-14-5-3-13(4-6-14)10-23-16(18-19-20-23)12-21-8-9-22-7-1-2-15(22)11-21/h3-6,15H,1-2,7-12H2/p+2/t15-/m1/s1. The van der Waals surface area contributed by atoms with E-state index in [1.54, 1.807) is 21.9 Å². The van der Waals surface area contributed by atoms with Crippen molar-refractivity contribution in [1.29, 1.82) is 0 Å². The maximum atomic E-state index is 13.0. The van der Waals surface area contributed by atoms with Gasteiger partial charge in [-0.2, -0.15) is 0 Å². The predicted molar refractivity (Wildman–Crippen MR) is 81.4 cm³/mol. The van der Waals surface area contributed by atoms with Gasteiger partial charge < -0.3 is 9.80 Å². The number of aromatic nitrogens is 4. The highest BCUT2D eigenvalue weighted by Gasteiger charge is 2.37. The third-order valence-corrected chi connectivity index (χ3v) is 5.22. The Morgan fingerprint density at radius 1 is 1.17 bits per heavy atom. The normalized spacial score (nSPS) is 27.1. The van der Waals surface area contributed by atoms with E-state index in [0.29, 0.717) is 6.54 Å². The Kier molecular flexibility index (Phi) is 4.05. The molecule has 2 aliphatic heterocycles. The highest BCUT2D eigenvalue weighted by Crippen LogP contribution is 2.05. The zero-order valence-corrected chi connectivity index (χ0v) is 13.2. The lowest BCUT2D eigenvalue weighted by Gasteiger charge is -2.31. The number of tetrazole rings is 1. The van der Waals surface area contributed by atoms with Crippen LogP contribution in [0.2, 0.25) is 0 Å². The molecular weight excluding hydrogens is 295 g/mol. The second kappa shape index (κ2) is 6.33. The Morgan fingerprint density at radius 3 is 2.91 bits per heavy atom. The number of hydrogen-bond acceptors (Lipinski definition) is 3. The fourth-order valence-corrected chi connectivity index (χ4v) is 3.97. The number of rotatable bonds is 4. The molecule has 23 heavy (non-hydrogen) atoms. The first-order valence-corrected chi connectivity index (χ1v) is 8.45. The fraction of sp³-hybridized carbons (Fsp3) is 0.562. The van der Waals surface area contributed by atoms with E-state index >= 15 is 0 Å². The molecule has 0 spiro atoms. The van der Waals surface area contributed by atoms with Gasteiger partial charge in [-0.05, 0) is 28.1 Å². The molecule has 0 saturated carbocycles. The van der Waals surface area contributed by atoms with Gasteiger partial charge in [0, 0.05) is 12.8 Å². The van der Waals surface area contributed by atoms with Crippen molar-refractivity contribution < 1.29 is 14.2 Å². The summed E-state index contributed by atoms with van der Waals surface area (Å²) in [4.78, 5) is 3.37. The topological polar surface area (TPSA) is 52.5 Å². The first-order valence-electron chi connectivity index (χ1n) is 8.45. The van der Waals surface area contributed by atoms with E-state index in [-0.39, 0.29) is 5.82 Å². The molecular formula is C16H23FN6+2. The van der Waals surface area contributed by atoms with Gasteiger partial charge in [0.2, 0.25) is 5.82 Å². The van der Waals surface area contributed by atoms with E-state index < -0.39 is 0 Å². The number of benzene rings is 1. The van der Waals surface area contributed by atoms with Crippen LogP contribution >= 0.6 is 0 Å². The minimum absolute atomic E-state index is 0.216. The number of nitrogens with one attached hydrogen (secondary N) is 2. The summed E-state index contributed by atoms with van der Waals surface area (Å²) >= 11 is 0. The SMILES string of the molecule is Fc1ccc(Cn2nnnc2C[NH+]2CC[NH+]3CCC[C@@H]3C2)cc1. The average molecular weight is 318 g/mol. The third kappa shape index (κ3) is 3.25. The lowest BCUT2D eigenvalue weighted by Crippen LogP contribution is -3.29. The Hall–Kier alpha value is -1.86. The maximum absolute atomic E-state index is 13.0. The number of hydrogen-bond donors (Lipinski definition) is 2. The molecule has 2 fully saturated rings. The van der Waals surface area contributed by atoms with Crippen LogP contribution in [0, 0.1) is 5.82 Å². The zero-order chi connectivity index (χ0) is 15.6. The number of piperazine rings is 1. The Bertz CT molecular complexity index is 655. The highest BCUT2D eigenvalue weighted by atomic mass is 19.1. The summed E-state index contributed by atoms with van der Waals surface area (Å²) in [6, 6.07) is 7.35. The molecule has 6 nitrogen and oxygen atoms in total. The van der Waals surface area contributed by atoms with Crippen LogP contribution in [0.3, 0.4) is 0 Å². The van der Waals surface area contributed by atoms with Crippen LogP contribution in [0.15, 0.2) is 24.3 Å². The molecule has 3 atom stereocenters. The lowest BCUT2D eigenvalue weighted by atomic mass is 10.1. The second-order valence-electron chi connectivity index (χ2n) is 6.76. The molecule has 2 N–H and O–H groups in total. The third-order valence-electron chi connectivity index (χ3n) is 5.22. The van der Waals surface area contributed by atoms with E-state index in [0.717, 1.165) is 24.0 Å². The zero-order valence-electron chi connectivity index (χ0n) is 13.2. The van der Waals surface area contributed by atoms with Gasteiger partial charge in [-0.15, -0.1) is 5.10 Å². The number of quaternary nitrogens is 2. The van der Waals surface area contributed by atoms with Gasteiger partial charge in [-0.3, -0.25) is 0 Å². The van der Waals surface area contributed by atoms with Crippen LogP contribution in [0.4, 0.5) is 4.39 Å². The van der Waals surface area contributed by atoms with Crippen molar-refractivity contribution in [2.24, 2.45) is 0 Å². The minimum atomic E-state index is -0.216. The van der Waals surface area contributed by atoms with Gasteiger partial charge in [0.25, 0.3) is 0 Å². The number of fused-ring (bicyclic) bond motifs is 1. The smallest absolute Gasteiger partial charge is 0.206 e. The molecule has 4 rings (SSSR count). The maximum Gasteiger partial charge on any atom is 0.206 e. The van der Waals surface area contributed by atoms with Gasteiger partial charge in [0.05, 0.1) is 13.1 Å². The quantitative estimate of drug-likeness (QED) is 0.707. The van der Waals surface area contributed by atoms with Crippen LogP contribution in [-0.2, 0) is 13.1 Å². The summed E-state index contributed by atoms with van der Waals surface area (Å²) in [5, 5.41) is 12.2. The second-order valence-corrected chi connectivity index (χ2v) is 6.76. The molecule has 7 heteroatoms. The summed E-state index contributed by atoms with van der Waals surface area (Å²) in [5.41, 5.74) is 1.01. The van der Waals surface area contributed by atoms with E-state index in [1.165, 1.54) is 51.2 Å². The predicted octanol–water partition coefficient (Wildman–Crippen LogP) is -1.69. The Labute approximate surface area is 134 Å². The fourth-order valence-electron chi connectivity index (χ4n) is 3.97. The van der Waals surface area contributed by atoms with Crippen LogP contribution in [0.25, 0.3) is 0 Å². The Balaban J connectivity index is 1.42. The number of nitrogens with zero attached hydrogens (tertiary/aromatic N) is 4. The minimum Gasteiger partial charge on any atom is -0.323 e. The molecule has 2 saturated heterocycles. The van der Waals surface area contributed by atoms with Crippen LogP contribution < -0.4 is 9.80 Å². The average Bonchev–Trinajstić information content (AvgIpc) is 3.19. The monoisotopic (exact) mass is 318 g/mol. The van der Waals surface area contributed by atoms with Gasteiger partial charge in [-0.25, -0.2) is 9.07 Å². The van der Waals surface area contributed by atoms with Crippen molar-refractivity contribution in [3.63, 3.8) is 0 Å². The summed E-state index contributed by atoms with van der Waals surface area (Å²) in [6.07, 6.45) is 2.73. The Morgan fingerprint density at radius 2 is 2.04 bits per heavy atom. The van der Waals surface area contributed by atoms with Gasteiger partial charge in [-0.1, -0.05) is 12.1 Å². The van der Waals surface area contributed by atoms with E-state index in [4.69, 9.17) is 0 Å². The molecule has 0 aliphatic carbocycles. The van der Waals surface area contributed by atoms with Crippen LogP contribution in [0.5, 0.6) is 0 Å². The summed E-state index contributed by atoms with van der Waals surface area (Å²) in [6.45, 7) is 6.49. The van der Waals surface area contributed by atoms with Gasteiger partial charge in [0.1, 0.15) is 38.0 Å². The van der Waals surface area contributed by atoms with Crippen LogP contribution in [0.1, 0.15) is 24.2 Å². The number of halogens is 1.